The number of aromatic nitrogens is 2. The molecule has 1 aliphatic rings. The highest BCUT2D eigenvalue weighted by molar-refractivity contribution is 8.01. The highest BCUT2D eigenvalue weighted by Crippen LogP contribution is 2.26. The molecule has 6 nitrogen and oxygen atoms in total. The maximum absolute atomic E-state index is 12.0. The molecule has 8 heteroatoms. The maximum Gasteiger partial charge on any atom is 0.234 e. The third-order valence-corrected chi connectivity index (χ3v) is 5.55. The first kappa shape index (κ1) is 17.2. The van der Waals surface area contributed by atoms with Crippen molar-refractivity contribution in [1.29, 1.82) is 0 Å². The summed E-state index contributed by atoms with van der Waals surface area (Å²) in [6.07, 6.45) is 2.48. The van der Waals surface area contributed by atoms with Gasteiger partial charge in [0.25, 0.3) is 0 Å². The van der Waals surface area contributed by atoms with Crippen molar-refractivity contribution in [2.75, 3.05) is 29.5 Å². The van der Waals surface area contributed by atoms with E-state index in [2.05, 4.69) is 20.8 Å². The topological polar surface area (TPSA) is 76.1 Å². The smallest absolute Gasteiger partial charge is 0.234 e. The number of nitrogens with one attached hydrogen (secondary N) is 2. The first-order valence-electron chi connectivity index (χ1n) is 7.87. The molecular weight excluding hydrogens is 344 g/mol. The SMILES string of the molecule is Cc1cccc(NC(=O)CSc2nnc(NCC3CCCO3)s2)c1. The second kappa shape index (κ2) is 8.46. The van der Waals surface area contributed by atoms with Gasteiger partial charge >= 0.3 is 0 Å². The first-order chi connectivity index (χ1) is 11.7. The van der Waals surface area contributed by atoms with Crippen molar-refractivity contribution in [1.82, 2.24) is 10.2 Å². The molecule has 1 aliphatic heterocycles. The highest BCUT2D eigenvalue weighted by atomic mass is 32.2. The second-order valence-corrected chi connectivity index (χ2v) is 7.80. The van der Waals surface area contributed by atoms with Crippen LogP contribution in [0.3, 0.4) is 0 Å². The second-order valence-electron chi connectivity index (χ2n) is 5.60. The molecule has 1 fully saturated rings. The Morgan fingerprint density at radius 1 is 1.46 bits per heavy atom. The number of ether oxygens (including phenoxy) is 1. The molecule has 1 atom stereocenters. The summed E-state index contributed by atoms with van der Waals surface area (Å²) in [6.45, 7) is 3.60. The minimum absolute atomic E-state index is 0.0466. The molecule has 0 radical (unpaired) electrons. The van der Waals surface area contributed by atoms with Crippen LogP contribution < -0.4 is 10.6 Å². The number of rotatable bonds is 7. The zero-order chi connectivity index (χ0) is 16.8. The van der Waals surface area contributed by atoms with Crippen LogP contribution >= 0.6 is 23.1 Å². The Bertz CT molecular complexity index is 686. The van der Waals surface area contributed by atoms with Gasteiger partial charge in [-0.15, -0.1) is 10.2 Å². The summed E-state index contributed by atoms with van der Waals surface area (Å²) in [5, 5.41) is 15.1. The molecule has 1 saturated heterocycles. The Morgan fingerprint density at radius 2 is 2.38 bits per heavy atom. The normalized spacial score (nSPS) is 17.0. The molecule has 2 aromatic rings. The Kier molecular flexibility index (Phi) is 6.06. The van der Waals surface area contributed by atoms with Crippen molar-refractivity contribution in [2.45, 2.75) is 30.2 Å². The van der Waals surface area contributed by atoms with Gasteiger partial charge in [-0.25, -0.2) is 0 Å². The van der Waals surface area contributed by atoms with Crippen LogP contribution in [0.5, 0.6) is 0 Å². The van der Waals surface area contributed by atoms with Crippen LogP contribution in [-0.4, -0.2) is 41.1 Å². The largest absolute Gasteiger partial charge is 0.376 e. The lowest BCUT2D eigenvalue weighted by molar-refractivity contribution is -0.113. The van der Waals surface area contributed by atoms with E-state index in [4.69, 9.17) is 4.74 Å². The number of aryl methyl sites for hydroxylation is 1. The van der Waals surface area contributed by atoms with Crippen LogP contribution in [0.2, 0.25) is 0 Å². The predicted molar refractivity (Wildman–Crippen MR) is 97.9 cm³/mol. The number of anilines is 2. The number of nitrogens with zero attached hydrogens (tertiary/aromatic N) is 2. The van der Waals surface area contributed by atoms with Gasteiger partial charge in [-0.2, -0.15) is 0 Å². The number of benzene rings is 1. The minimum atomic E-state index is -0.0466. The van der Waals surface area contributed by atoms with Gasteiger partial charge in [-0.1, -0.05) is 35.2 Å². The molecule has 0 aliphatic carbocycles. The van der Waals surface area contributed by atoms with Gasteiger partial charge in [-0.05, 0) is 37.5 Å². The molecule has 0 saturated carbocycles. The number of carbonyl (C=O) groups is 1. The quantitative estimate of drug-likeness (QED) is 0.735. The van der Waals surface area contributed by atoms with Crippen molar-refractivity contribution in [3.63, 3.8) is 0 Å². The van der Waals surface area contributed by atoms with E-state index in [1.807, 2.05) is 31.2 Å². The molecule has 24 heavy (non-hydrogen) atoms. The third kappa shape index (κ3) is 5.19. The minimum Gasteiger partial charge on any atom is -0.376 e. The molecule has 2 heterocycles. The number of hydrogen-bond donors (Lipinski definition) is 2. The molecule has 0 bridgehead atoms. The molecule has 1 aromatic heterocycles. The van der Waals surface area contributed by atoms with Gasteiger partial charge in [0.15, 0.2) is 4.34 Å². The summed E-state index contributed by atoms with van der Waals surface area (Å²) in [4.78, 5) is 12.0. The van der Waals surface area contributed by atoms with Crippen molar-refractivity contribution >= 4 is 39.8 Å². The summed E-state index contributed by atoms with van der Waals surface area (Å²) in [7, 11) is 0. The van der Waals surface area contributed by atoms with Crippen LogP contribution in [0.1, 0.15) is 18.4 Å². The number of thioether (sulfide) groups is 1. The summed E-state index contributed by atoms with van der Waals surface area (Å²) in [6, 6.07) is 7.75. The van der Waals surface area contributed by atoms with E-state index in [-0.39, 0.29) is 12.0 Å². The van der Waals surface area contributed by atoms with E-state index in [0.717, 1.165) is 46.7 Å². The first-order valence-corrected chi connectivity index (χ1v) is 9.67. The van der Waals surface area contributed by atoms with Crippen LogP contribution in [0, 0.1) is 6.92 Å². The fourth-order valence-electron chi connectivity index (χ4n) is 2.39. The van der Waals surface area contributed by atoms with Gasteiger partial charge in [0.2, 0.25) is 11.0 Å². The Hall–Kier alpha value is -1.64. The molecule has 1 aromatic carbocycles. The summed E-state index contributed by atoms with van der Waals surface area (Å²) >= 11 is 2.85. The van der Waals surface area contributed by atoms with Crippen molar-refractivity contribution in [3.8, 4) is 0 Å². The van der Waals surface area contributed by atoms with E-state index < -0.39 is 0 Å². The number of hydrogen-bond acceptors (Lipinski definition) is 7. The molecule has 1 amide bonds. The highest BCUT2D eigenvalue weighted by Gasteiger charge is 2.16. The van der Waals surface area contributed by atoms with Gasteiger partial charge in [0.05, 0.1) is 11.9 Å². The Balaban J connectivity index is 1.42. The lowest BCUT2D eigenvalue weighted by Crippen LogP contribution is -2.18. The monoisotopic (exact) mass is 364 g/mol. The van der Waals surface area contributed by atoms with E-state index in [0.29, 0.717) is 5.75 Å². The van der Waals surface area contributed by atoms with Crippen molar-refractivity contribution in [3.05, 3.63) is 29.8 Å². The van der Waals surface area contributed by atoms with Gasteiger partial charge in [0, 0.05) is 18.8 Å². The molecule has 1 unspecified atom stereocenters. The summed E-state index contributed by atoms with van der Waals surface area (Å²) in [5.41, 5.74) is 1.93. The lowest BCUT2D eigenvalue weighted by Gasteiger charge is -2.08. The van der Waals surface area contributed by atoms with Crippen LogP contribution in [0.25, 0.3) is 0 Å². The van der Waals surface area contributed by atoms with Crippen LogP contribution in [0.15, 0.2) is 28.6 Å². The van der Waals surface area contributed by atoms with E-state index in [9.17, 15) is 4.79 Å². The molecular formula is C16H20N4O2S2. The zero-order valence-corrected chi connectivity index (χ0v) is 15.1. The lowest BCUT2D eigenvalue weighted by atomic mass is 10.2. The number of carbonyl (C=O) groups excluding carboxylic acids is 1. The molecule has 0 spiro atoms. The van der Waals surface area contributed by atoms with Gasteiger partial charge < -0.3 is 15.4 Å². The average molecular weight is 364 g/mol. The fraction of sp³-hybridized carbons (Fsp3) is 0.438. The van der Waals surface area contributed by atoms with Gasteiger partial charge in [-0.3, -0.25) is 4.79 Å². The maximum atomic E-state index is 12.0. The van der Waals surface area contributed by atoms with Crippen LogP contribution in [-0.2, 0) is 9.53 Å². The Labute approximate surface area is 149 Å². The van der Waals surface area contributed by atoms with Crippen molar-refractivity contribution in [2.24, 2.45) is 0 Å². The Morgan fingerprint density at radius 3 is 3.17 bits per heavy atom. The van der Waals surface area contributed by atoms with Gasteiger partial charge in [0.1, 0.15) is 0 Å². The third-order valence-electron chi connectivity index (χ3n) is 3.54. The summed E-state index contributed by atoms with van der Waals surface area (Å²) in [5.74, 6) is 0.267. The fourth-order valence-corrected chi connectivity index (χ4v) is 3.95. The number of amides is 1. The van der Waals surface area contributed by atoms with E-state index in [1.54, 1.807) is 0 Å². The molecule has 2 N–H and O–H groups in total. The standard InChI is InChI=1S/C16H20N4O2S2/c1-11-4-2-5-12(8-11)18-14(21)10-23-16-20-19-15(24-16)17-9-13-6-3-7-22-13/h2,4-5,8,13H,3,6-7,9-10H2,1H3,(H,17,19)(H,18,21). The molecule has 3 rings (SSSR count). The zero-order valence-electron chi connectivity index (χ0n) is 13.4. The van der Waals surface area contributed by atoms with Crippen molar-refractivity contribution < 1.29 is 9.53 Å². The van der Waals surface area contributed by atoms with E-state index in [1.165, 1.54) is 23.1 Å². The van der Waals surface area contributed by atoms with E-state index >= 15 is 0 Å². The summed E-state index contributed by atoms with van der Waals surface area (Å²) < 4.78 is 6.34. The predicted octanol–water partition coefficient (Wildman–Crippen LogP) is 3.17. The molecule has 128 valence electrons. The average Bonchev–Trinajstić information content (AvgIpc) is 3.23. The van der Waals surface area contributed by atoms with Crippen LogP contribution in [0.4, 0.5) is 10.8 Å².